The third kappa shape index (κ3) is 4.78. The van der Waals surface area contributed by atoms with Crippen LogP contribution in [-0.4, -0.2) is 59.1 Å². The zero-order valence-electron chi connectivity index (χ0n) is 22.7. The lowest BCUT2D eigenvalue weighted by atomic mass is 9.87. The number of halogens is 3. The predicted molar refractivity (Wildman–Crippen MR) is 145 cm³/mol. The van der Waals surface area contributed by atoms with Crippen molar-refractivity contribution in [2.45, 2.75) is 51.4 Å². The minimum Gasteiger partial charge on any atom is -0.310 e. The van der Waals surface area contributed by atoms with Gasteiger partial charge in [-0.15, -0.1) is 0 Å². The number of benzene rings is 2. The van der Waals surface area contributed by atoms with E-state index in [-0.39, 0.29) is 13.1 Å². The molecule has 0 atom stereocenters. The van der Waals surface area contributed by atoms with Crippen molar-refractivity contribution < 1.29 is 27.6 Å². The molecule has 0 radical (unpaired) electrons. The number of para-hydroxylation sites is 1. The van der Waals surface area contributed by atoms with Crippen LogP contribution in [0.2, 0.25) is 0 Å². The summed E-state index contributed by atoms with van der Waals surface area (Å²) in [6.07, 6.45) is -2.77. The number of alkyl halides is 3. The highest BCUT2D eigenvalue weighted by Gasteiger charge is 2.52. The van der Waals surface area contributed by atoms with Crippen LogP contribution >= 0.6 is 0 Å². The highest BCUT2D eigenvalue weighted by Crippen LogP contribution is 2.44. The molecular weight excluding hydrogens is 523 g/mol. The standard InChI is InChI=1S/C29H30F3N5O3/c1-27(2)17-35(24(38)14-33-16-29(30,31)32)23-13-19(9-10-21(23)27)37-25(39)28(3,4)36(26(37)40)15-18-11-12-34-22-8-6-5-7-20(18)22/h5-13,33H,14-17H2,1-4H3. The van der Waals surface area contributed by atoms with Gasteiger partial charge in [0.2, 0.25) is 5.91 Å². The second kappa shape index (κ2) is 9.58. The van der Waals surface area contributed by atoms with Crippen molar-refractivity contribution in [1.29, 1.82) is 0 Å². The van der Waals surface area contributed by atoms with Crippen LogP contribution < -0.4 is 15.1 Å². The molecule has 1 aromatic heterocycles. The van der Waals surface area contributed by atoms with Crippen LogP contribution in [0.15, 0.2) is 54.7 Å². The number of anilines is 2. The number of rotatable bonds is 6. The van der Waals surface area contributed by atoms with Crippen LogP contribution in [0.25, 0.3) is 10.9 Å². The van der Waals surface area contributed by atoms with Gasteiger partial charge in [0.05, 0.1) is 24.3 Å². The molecule has 1 fully saturated rings. The molecule has 8 nitrogen and oxygen atoms in total. The van der Waals surface area contributed by atoms with Gasteiger partial charge in [-0.25, -0.2) is 9.69 Å². The average Bonchev–Trinajstić information content (AvgIpc) is 3.24. The van der Waals surface area contributed by atoms with Crippen LogP contribution in [0.1, 0.15) is 38.8 Å². The van der Waals surface area contributed by atoms with E-state index in [9.17, 15) is 27.6 Å². The van der Waals surface area contributed by atoms with E-state index < -0.39 is 48.1 Å². The van der Waals surface area contributed by atoms with Gasteiger partial charge in [-0.05, 0) is 49.2 Å². The zero-order valence-corrected chi connectivity index (χ0v) is 22.7. The predicted octanol–water partition coefficient (Wildman–Crippen LogP) is 4.76. The maximum Gasteiger partial charge on any atom is 0.401 e. The first-order valence-electron chi connectivity index (χ1n) is 12.9. The Bertz CT molecular complexity index is 1510. The summed E-state index contributed by atoms with van der Waals surface area (Å²) in [5, 5.41) is 3.03. The normalized spacial score (nSPS) is 18.1. The lowest BCUT2D eigenvalue weighted by molar-refractivity contribution is -0.127. The molecule has 1 saturated heterocycles. The first kappa shape index (κ1) is 27.6. The Morgan fingerprint density at radius 3 is 2.50 bits per heavy atom. The fraction of sp³-hybridized carbons (Fsp3) is 0.379. The average molecular weight is 554 g/mol. The molecule has 3 aromatic rings. The maximum atomic E-state index is 13.8. The molecule has 2 aromatic carbocycles. The number of nitrogens with one attached hydrogen (secondary N) is 1. The Morgan fingerprint density at radius 1 is 1.05 bits per heavy atom. The number of amides is 4. The van der Waals surface area contributed by atoms with Crippen molar-refractivity contribution >= 4 is 40.1 Å². The Morgan fingerprint density at radius 2 is 1.77 bits per heavy atom. The molecule has 210 valence electrons. The van der Waals surface area contributed by atoms with Gasteiger partial charge in [-0.3, -0.25) is 14.6 Å². The van der Waals surface area contributed by atoms with Gasteiger partial charge >= 0.3 is 12.2 Å². The van der Waals surface area contributed by atoms with E-state index in [1.54, 1.807) is 38.2 Å². The second-order valence-electron chi connectivity index (χ2n) is 11.3. The molecule has 40 heavy (non-hydrogen) atoms. The zero-order chi connectivity index (χ0) is 29.0. The van der Waals surface area contributed by atoms with E-state index in [2.05, 4.69) is 10.3 Å². The third-order valence-corrected chi connectivity index (χ3v) is 7.61. The Balaban J connectivity index is 1.45. The highest BCUT2D eigenvalue weighted by molar-refractivity contribution is 6.23. The number of nitrogens with zero attached hydrogens (tertiary/aromatic N) is 4. The molecule has 0 aliphatic carbocycles. The van der Waals surface area contributed by atoms with Gasteiger partial charge in [-0.1, -0.05) is 38.1 Å². The van der Waals surface area contributed by atoms with Gasteiger partial charge in [0.1, 0.15) is 5.54 Å². The van der Waals surface area contributed by atoms with Crippen LogP contribution in [0.3, 0.4) is 0 Å². The van der Waals surface area contributed by atoms with Gasteiger partial charge in [0.25, 0.3) is 5.91 Å². The molecule has 0 spiro atoms. The number of pyridine rings is 1. The first-order chi connectivity index (χ1) is 18.7. The smallest absolute Gasteiger partial charge is 0.310 e. The van der Waals surface area contributed by atoms with E-state index >= 15 is 0 Å². The van der Waals surface area contributed by atoms with Crippen molar-refractivity contribution in [3.05, 3.63) is 65.9 Å². The van der Waals surface area contributed by atoms with Gasteiger partial charge in [0, 0.05) is 35.8 Å². The first-order valence-corrected chi connectivity index (χ1v) is 12.9. The summed E-state index contributed by atoms with van der Waals surface area (Å²) in [6, 6.07) is 13.9. The number of urea groups is 1. The van der Waals surface area contributed by atoms with Gasteiger partial charge in [0.15, 0.2) is 0 Å². The third-order valence-electron chi connectivity index (χ3n) is 7.61. The number of carbonyl (C=O) groups is 3. The molecule has 0 unspecified atom stereocenters. The van der Waals surface area contributed by atoms with Crippen LogP contribution in [-0.2, 0) is 21.5 Å². The summed E-state index contributed by atoms with van der Waals surface area (Å²) in [7, 11) is 0. The minimum absolute atomic E-state index is 0.185. The SMILES string of the molecule is CC1(C)CN(C(=O)CNCC(F)(F)F)c2cc(N3C(=O)N(Cc4ccnc5ccccc45)C(C)(C)C3=O)ccc21. The van der Waals surface area contributed by atoms with E-state index in [1.165, 1.54) is 9.80 Å². The fourth-order valence-electron chi connectivity index (χ4n) is 5.44. The molecule has 2 aliphatic heterocycles. The van der Waals surface area contributed by atoms with Gasteiger partial charge < -0.3 is 15.1 Å². The fourth-order valence-corrected chi connectivity index (χ4v) is 5.44. The van der Waals surface area contributed by atoms with Crippen LogP contribution in [0, 0.1) is 0 Å². The van der Waals surface area contributed by atoms with Crippen molar-refractivity contribution in [1.82, 2.24) is 15.2 Å². The summed E-state index contributed by atoms with van der Waals surface area (Å²) >= 11 is 0. The molecule has 2 aliphatic rings. The highest BCUT2D eigenvalue weighted by atomic mass is 19.4. The summed E-state index contributed by atoms with van der Waals surface area (Å²) in [6.45, 7) is 5.90. The van der Waals surface area contributed by atoms with Crippen molar-refractivity contribution in [3.8, 4) is 0 Å². The Labute approximate surface area is 229 Å². The summed E-state index contributed by atoms with van der Waals surface area (Å²) < 4.78 is 37.8. The van der Waals surface area contributed by atoms with Crippen molar-refractivity contribution in [2.24, 2.45) is 0 Å². The Hall–Kier alpha value is -3.99. The van der Waals surface area contributed by atoms with Crippen LogP contribution in [0.4, 0.5) is 29.3 Å². The molecular formula is C29H30F3N5O3. The van der Waals surface area contributed by atoms with E-state index in [4.69, 9.17) is 0 Å². The maximum absolute atomic E-state index is 13.8. The van der Waals surface area contributed by atoms with Gasteiger partial charge in [-0.2, -0.15) is 13.2 Å². The molecule has 0 saturated carbocycles. The number of hydrogen-bond donors (Lipinski definition) is 1. The summed E-state index contributed by atoms with van der Waals surface area (Å²) in [5.74, 6) is -0.948. The molecule has 3 heterocycles. The van der Waals surface area contributed by atoms with E-state index in [1.807, 2.05) is 44.2 Å². The number of hydrogen-bond acceptors (Lipinski definition) is 5. The minimum atomic E-state index is -4.44. The summed E-state index contributed by atoms with van der Waals surface area (Å²) in [5.41, 5.74) is 1.57. The molecule has 5 rings (SSSR count). The lowest BCUT2D eigenvalue weighted by Gasteiger charge is -2.28. The second-order valence-corrected chi connectivity index (χ2v) is 11.3. The number of carbonyl (C=O) groups excluding carboxylic acids is 3. The van der Waals surface area contributed by atoms with Crippen molar-refractivity contribution in [3.63, 3.8) is 0 Å². The van der Waals surface area contributed by atoms with E-state index in [0.29, 0.717) is 11.4 Å². The topological polar surface area (TPSA) is 85.8 Å². The monoisotopic (exact) mass is 553 g/mol. The van der Waals surface area contributed by atoms with Crippen molar-refractivity contribution in [2.75, 3.05) is 29.4 Å². The van der Waals surface area contributed by atoms with Crippen LogP contribution in [0.5, 0.6) is 0 Å². The lowest BCUT2D eigenvalue weighted by Crippen LogP contribution is -2.43. The Kier molecular flexibility index (Phi) is 6.60. The molecule has 11 heteroatoms. The molecule has 4 amide bonds. The molecule has 1 N–H and O–H groups in total. The van der Waals surface area contributed by atoms with E-state index in [0.717, 1.165) is 26.9 Å². The quantitative estimate of drug-likeness (QED) is 0.445. The number of aromatic nitrogens is 1. The molecule has 0 bridgehead atoms. The summed E-state index contributed by atoms with van der Waals surface area (Å²) in [4.78, 5) is 48.8. The largest absolute Gasteiger partial charge is 0.401 e. The number of imide groups is 1. The number of fused-ring (bicyclic) bond motifs is 2.